The Labute approximate surface area is 191 Å². The molecule has 1 aromatic heterocycles. The van der Waals surface area contributed by atoms with Crippen LogP contribution in [0.4, 0.5) is 0 Å². The molecular formula is C30H19ClO. The molecule has 0 saturated carbocycles. The third-order valence-electron chi connectivity index (χ3n) is 5.93. The SMILES string of the molecule is Clc1cccc2oc3c(-c4cc(-c5ccccc5)cc(-c5ccccc5)c4)cccc3c12. The fourth-order valence-electron chi connectivity index (χ4n) is 4.41. The van der Waals surface area contributed by atoms with E-state index in [9.17, 15) is 0 Å². The maximum absolute atomic E-state index is 6.53. The largest absolute Gasteiger partial charge is 0.455 e. The van der Waals surface area contributed by atoms with Crippen LogP contribution in [0.1, 0.15) is 0 Å². The molecule has 0 aliphatic heterocycles. The first-order chi connectivity index (χ1) is 15.8. The normalized spacial score (nSPS) is 11.3. The van der Waals surface area contributed by atoms with Crippen LogP contribution in [0.3, 0.4) is 0 Å². The first-order valence-electron chi connectivity index (χ1n) is 10.6. The molecule has 0 unspecified atom stereocenters. The van der Waals surface area contributed by atoms with Crippen molar-refractivity contribution in [3.05, 3.63) is 120 Å². The van der Waals surface area contributed by atoms with Crippen molar-refractivity contribution >= 4 is 33.5 Å². The van der Waals surface area contributed by atoms with E-state index in [1.165, 1.54) is 22.3 Å². The molecule has 0 fully saturated rings. The predicted octanol–water partition coefficient (Wildman–Crippen LogP) is 9.24. The number of rotatable bonds is 3. The fraction of sp³-hybridized carbons (Fsp3) is 0. The Kier molecular flexibility index (Phi) is 4.56. The second-order valence-electron chi connectivity index (χ2n) is 7.93. The van der Waals surface area contributed by atoms with Gasteiger partial charge in [-0.15, -0.1) is 0 Å². The topological polar surface area (TPSA) is 13.1 Å². The van der Waals surface area contributed by atoms with Gasteiger partial charge in [0.15, 0.2) is 0 Å². The number of hydrogen-bond donors (Lipinski definition) is 0. The molecule has 5 aromatic carbocycles. The van der Waals surface area contributed by atoms with Crippen LogP contribution in [0.5, 0.6) is 0 Å². The van der Waals surface area contributed by atoms with Crippen LogP contribution >= 0.6 is 11.6 Å². The number of fused-ring (bicyclic) bond motifs is 3. The van der Waals surface area contributed by atoms with E-state index in [1.54, 1.807) is 0 Å². The molecule has 0 radical (unpaired) electrons. The van der Waals surface area contributed by atoms with E-state index in [1.807, 2.05) is 30.3 Å². The lowest BCUT2D eigenvalue weighted by molar-refractivity contribution is 0.670. The first kappa shape index (κ1) is 18.9. The highest BCUT2D eigenvalue weighted by Crippen LogP contribution is 2.40. The molecule has 1 heterocycles. The molecule has 32 heavy (non-hydrogen) atoms. The van der Waals surface area contributed by atoms with E-state index in [2.05, 4.69) is 84.9 Å². The van der Waals surface area contributed by atoms with Crippen LogP contribution in [0.15, 0.2) is 120 Å². The summed E-state index contributed by atoms with van der Waals surface area (Å²) >= 11 is 6.53. The van der Waals surface area contributed by atoms with Crippen LogP contribution in [-0.2, 0) is 0 Å². The molecule has 0 saturated heterocycles. The van der Waals surface area contributed by atoms with E-state index in [0.717, 1.165) is 33.1 Å². The van der Waals surface area contributed by atoms with Crippen LogP contribution in [0.25, 0.3) is 55.3 Å². The molecule has 152 valence electrons. The van der Waals surface area contributed by atoms with Crippen LogP contribution < -0.4 is 0 Å². The minimum Gasteiger partial charge on any atom is -0.455 e. The summed E-state index contributed by atoms with van der Waals surface area (Å²) in [6, 6.07) is 39.8. The summed E-state index contributed by atoms with van der Waals surface area (Å²) in [5.74, 6) is 0. The third-order valence-corrected chi connectivity index (χ3v) is 6.25. The summed E-state index contributed by atoms with van der Waals surface area (Å²) in [6.07, 6.45) is 0. The van der Waals surface area contributed by atoms with E-state index >= 15 is 0 Å². The van der Waals surface area contributed by atoms with E-state index in [-0.39, 0.29) is 0 Å². The van der Waals surface area contributed by atoms with E-state index in [0.29, 0.717) is 5.02 Å². The van der Waals surface area contributed by atoms with Crippen molar-refractivity contribution in [3.8, 4) is 33.4 Å². The van der Waals surface area contributed by atoms with Gasteiger partial charge in [0, 0.05) is 16.3 Å². The van der Waals surface area contributed by atoms with Crippen molar-refractivity contribution in [1.82, 2.24) is 0 Å². The van der Waals surface area contributed by atoms with Crippen molar-refractivity contribution < 1.29 is 4.42 Å². The summed E-state index contributed by atoms with van der Waals surface area (Å²) in [6.45, 7) is 0. The van der Waals surface area contributed by atoms with Gasteiger partial charge >= 0.3 is 0 Å². The van der Waals surface area contributed by atoms with E-state index in [4.69, 9.17) is 16.0 Å². The molecule has 6 rings (SSSR count). The Morgan fingerprint density at radius 3 is 1.75 bits per heavy atom. The van der Waals surface area contributed by atoms with Crippen LogP contribution in [-0.4, -0.2) is 0 Å². The molecular weight excluding hydrogens is 412 g/mol. The van der Waals surface area contributed by atoms with Gasteiger partial charge < -0.3 is 4.42 Å². The second kappa shape index (κ2) is 7.71. The molecule has 0 aliphatic rings. The number of para-hydroxylation sites is 1. The Bertz CT molecular complexity index is 1510. The summed E-state index contributed by atoms with van der Waals surface area (Å²) in [5, 5.41) is 2.71. The standard InChI is InChI=1S/C30H19ClO/c31-27-15-8-16-28-29(27)26-14-7-13-25(30(26)32-28)24-18-22(20-9-3-1-4-10-20)17-23(19-24)21-11-5-2-6-12-21/h1-19H. The fourth-order valence-corrected chi connectivity index (χ4v) is 4.68. The molecule has 2 heteroatoms. The van der Waals surface area contributed by atoms with Gasteiger partial charge in [-0.2, -0.15) is 0 Å². The van der Waals surface area contributed by atoms with Crippen molar-refractivity contribution in [2.75, 3.05) is 0 Å². The van der Waals surface area contributed by atoms with Crippen molar-refractivity contribution in [1.29, 1.82) is 0 Å². The van der Waals surface area contributed by atoms with E-state index < -0.39 is 0 Å². The maximum atomic E-state index is 6.53. The Hall–Kier alpha value is -3.81. The minimum atomic E-state index is 0.710. The molecule has 0 spiro atoms. The summed E-state index contributed by atoms with van der Waals surface area (Å²) in [4.78, 5) is 0. The maximum Gasteiger partial charge on any atom is 0.143 e. The first-order valence-corrected chi connectivity index (χ1v) is 11.0. The monoisotopic (exact) mass is 430 g/mol. The average Bonchev–Trinajstić information content (AvgIpc) is 3.25. The molecule has 0 amide bonds. The molecule has 0 atom stereocenters. The number of hydrogen-bond acceptors (Lipinski definition) is 1. The highest BCUT2D eigenvalue weighted by molar-refractivity contribution is 6.37. The van der Waals surface area contributed by atoms with Crippen LogP contribution in [0.2, 0.25) is 5.02 Å². The number of furan rings is 1. The molecule has 0 aliphatic carbocycles. The predicted molar refractivity (Wildman–Crippen MR) is 135 cm³/mol. The zero-order valence-corrected chi connectivity index (χ0v) is 18.0. The van der Waals surface area contributed by atoms with Gasteiger partial charge in [0.25, 0.3) is 0 Å². The van der Waals surface area contributed by atoms with Gasteiger partial charge in [0.1, 0.15) is 11.2 Å². The zero-order chi connectivity index (χ0) is 21.5. The number of halogens is 1. The molecule has 0 bridgehead atoms. The van der Waals surface area contributed by atoms with Gasteiger partial charge in [-0.05, 0) is 58.1 Å². The zero-order valence-electron chi connectivity index (χ0n) is 17.3. The average molecular weight is 431 g/mol. The minimum absolute atomic E-state index is 0.710. The van der Waals surface area contributed by atoms with Gasteiger partial charge in [0.05, 0.1) is 5.02 Å². The Morgan fingerprint density at radius 1 is 0.500 bits per heavy atom. The molecule has 1 nitrogen and oxygen atoms in total. The lowest BCUT2D eigenvalue weighted by Crippen LogP contribution is -1.86. The highest BCUT2D eigenvalue weighted by Gasteiger charge is 2.15. The lowest BCUT2D eigenvalue weighted by atomic mass is 9.93. The summed E-state index contributed by atoms with van der Waals surface area (Å²) in [7, 11) is 0. The van der Waals surface area contributed by atoms with Crippen molar-refractivity contribution in [2.24, 2.45) is 0 Å². The van der Waals surface area contributed by atoms with Crippen molar-refractivity contribution in [3.63, 3.8) is 0 Å². The lowest BCUT2D eigenvalue weighted by Gasteiger charge is -2.11. The molecule has 6 aromatic rings. The van der Waals surface area contributed by atoms with Crippen molar-refractivity contribution in [2.45, 2.75) is 0 Å². The van der Waals surface area contributed by atoms with Gasteiger partial charge in [-0.3, -0.25) is 0 Å². The quantitative estimate of drug-likeness (QED) is 0.272. The Morgan fingerprint density at radius 2 is 1.09 bits per heavy atom. The smallest absolute Gasteiger partial charge is 0.143 e. The van der Waals surface area contributed by atoms with Gasteiger partial charge in [-0.25, -0.2) is 0 Å². The summed E-state index contributed by atoms with van der Waals surface area (Å²) in [5.41, 5.74) is 8.57. The Balaban J connectivity index is 1.64. The third kappa shape index (κ3) is 3.19. The summed E-state index contributed by atoms with van der Waals surface area (Å²) < 4.78 is 6.33. The van der Waals surface area contributed by atoms with Gasteiger partial charge in [0.2, 0.25) is 0 Å². The highest BCUT2D eigenvalue weighted by atomic mass is 35.5. The second-order valence-corrected chi connectivity index (χ2v) is 8.34. The van der Waals surface area contributed by atoms with Gasteiger partial charge in [-0.1, -0.05) is 96.5 Å². The number of benzene rings is 5. The van der Waals surface area contributed by atoms with Crippen LogP contribution in [0, 0.1) is 0 Å². The molecule has 0 N–H and O–H groups in total.